The number of nitrogens with one attached hydrogen (secondary N) is 3. The van der Waals surface area contributed by atoms with E-state index in [1.807, 2.05) is 18.2 Å². The van der Waals surface area contributed by atoms with Gasteiger partial charge in [0, 0.05) is 31.1 Å². The van der Waals surface area contributed by atoms with Gasteiger partial charge in [-0.3, -0.25) is 10.1 Å². The van der Waals surface area contributed by atoms with Crippen LogP contribution in [0.5, 0.6) is 0 Å². The lowest BCUT2D eigenvalue weighted by atomic mass is 9.94. The van der Waals surface area contributed by atoms with Crippen molar-refractivity contribution in [2.75, 3.05) is 7.05 Å². The average Bonchev–Trinajstić information content (AvgIpc) is 3.26. The molecule has 2 aromatic carbocycles. The Balaban J connectivity index is 0.00000280. The second-order valence-corrected chi connectivity index (χ2v) is 6.59. The van der Waals surface area contributed by atoms with E-state index in [4.69, 9.17) is 0 Å². The fraction of sp³-hybridized carbons (Fsp3) is 0.286. The van der Waals surface area contributed by atoms with Gasteiger partial charge in [0.15, 0.2) is 11.8 Å². The van der Waals surface area contributed by atoms with Crippen LogP contribution in [0.15, 0.2) is 65.9 Å². The molecule has 2 unspecified atom stereocenters. The number of nitrogens with zero attached hydrogens (tertiary/aromatic N) is 3. The van der Waals surface area contributed by atoms with Crippen LogP contribution in [0.25, 0.3) is 11.4 Å². The Hall–Kier alpha value is -2.42. The van der Waals surface area contributed by atoms with Crippen LogP contribution in [0.1, 0.15) is 30.9 Å². The fourth-order valence-corrected chi connectivity index (χ4v) is 2.94. The van der Waals surface area contributed by atoms with Crippen LogP contribution in [0.4, 0.5) is 0 Å². The molecular formula is C21H27IN6. The summed E-state index contributed by atoms with van der Waals surface area (Å²) in [4.78, 5) is 8.56. The van der Waals surface area contributed by atoms with Crippen molar-refractivity contribution in [3.8, 4) is 11.4 Å². The summed E-state index contributed by atoms with van der Waals surface area (Å²) in [6.07, 6.45) is 1.52. The maximum absolute atomic E-state index is 4.36. The van der Waals surface area contributed by atoms with Crippen LogP contribution in [0.2, 0.25) is 0 Å². The maximum Gasteiger partial charge on any atom is 0.191 e. The second kappa shape index (κ2) is 10.8. The first-order chi connectivity index (χ1) is 13.2. The lowest BCUT2D eigenvalue weighted by molar-refractivity contribution is 0.550. The summed E-state index contributed by atoms with van der Waals surface area (Å²) in [5, 5.41) is 13.7. The topological polar surface area (TPSA) is 78.0 Å². The molecule has 0 fully saturated rings. The Bertz CT molecular complexity index is 864. The Labute approximate surface area is 183 Å². The monoisotopic (exact) mass is 490 g/mol. The highest BCUT2D eigenvalue weighted by Gasteiger charge is 2.15. The molecule has 0 aliphatic rings. The van der Waals surface area contributed by atoms with Gasteiger partial charge >= 0.3 is 0 Å². The highest BCUT2D eigenvalue weighted by atomic mass is 127. The van der Waals surface area contributed by atoms with Gasteiger partial charge in [-0.2, -0.15) is 5.10 Å². The summed E-state index contributed by atoms with van der Waals surface area (Å²) >= 11 is 0. The fourth-order valence-electron chi connectivity index (χ4n) is 2.94. The van der Waals surface area contributed by atoms with Crippen LogP contribution in [0, 0.1) is 0 Å². The molecule has 0 saturated heterocycles. The first kappa shape index (κ1) is 21.9. The Kier molecular flexibility index (Phi) is 8.43. The van der Waals surface area contributed by atoms with E-state index in [1.165, 1.54) is 11.9 Å². The Morgan fingerprint density at radius 3 is 2.57 bits per heavy atom. The number of halogens is 1. The first-order valence-electron chi connectivity index (χ1n) is 9.14. The maximum atomic E-state index is 4.36. The van der Waals surface area contributed by atoms with Gasteiger partial charge in [-0.15, -0.1) is 24.0 Å². The zero-order valence-electron chi connectivity index (χ0n) is 16.4. The predicted octanol–water partition coefficient (Wildman–Crippen LogP) is 3.95. The molecule has 7 heteroatoms. The summed E-state index contributed by atoms with van der Waals surface area (Å²) in [5.41, 5.74) is 3.48. The molecule has 28 heavy (non-hydrogen) atoms. The van der Waals surface area contributed by atoms with Crippen molar-refractivity contribution in [2.24, 2.45) is 4.99 Å². The van der Waals surface area contributed by atoms with Crippen molar-refractivity contribution in [2.45, 2.75) is 32.4 Å². The third-order valence-corrected chi connectivity index (χ3v) is 4.74. The Morgan fingerprint density at radius 2 is 1.89 bits per heavy atom. The van der Waals surface area contributed by atoms with Gasteiger partial charge in [-0.05, 0) is 24.1 Å². The molecule has 3 rings (SSSR count). The number of rotatable bonds is 6. The molecular weight excluding hydrogens is 463 g/mol. The zero-order chi connectivity index (χ0) is 19.1. The summed E-state index contributed by atoms with van der Waals surface area (Å²) in [6, 6.07) is 19.0. The van der Waals surface area contributed by atoms with E-state index in [1.54, 1.807) is 7.05 Å². The number of aromatic nitrogens is 3. The van der Waals surface area contributed by atoms with Crippen LogP contribution < -0.4 is 10.6 Å². The Morgan fingerprint density at radius 1 is 1.11 bits per heavy atom. The van der Waals surface area contributed by atoms with E-state index in [-0.39, 0.29) is 30.0 Å². The van der Waals surface area contributed by atoms with Gasteiger partial charge in [0.2, 0.25) is 0 Å². The van der Waals surface area contributed by atoms with E-state index >= 15 is 0 Å². The molecule has 148 valence electrons. The number of aliphatic imine (C=N–C) groups is 1. The zero-order valence-corrected chi connectivity index (χ0v) is 18.7. The largest absolute Gasteiger partial charge is 0.353 e. The van der Waals surface area contributed by atoms with Crippen molar-refractivity contribution in [3.63, 3.8) is 0 Å². The van der Waals surface area contributed by atoms with Crippen LogP contribution in [-0.2, 0) is 6.54 Å². The van der Waals surface area contributed by atoms with Gasteiger partial charge in [0.1, 0.15) is 6.33 Å². The highest BCUT2D eigenvalue weighted by Crippen LogP contribution is 2.18. The number of aromatic amines is 1. The molecule has 0 saturated carbocycles. The van der Waals surface area contributed by atoms with E-state index in [2.05, 4.69) is 81.1 Å². The van der Waals surface area contributed by atoms with E-state index in [0.29, 0.717) is 12.5 Å². The quantitative estimate of drug-likeness (QED) is 0.278. The second-order valence-electron chi connectivity index (χ2n) is 6.59. The van der Waals surface area contributed by atoms with Gasteiger partial charge in [0.05, 0.1) is 0 Å². The van der Waals surface area contributed by atoms with Crippen molar-refractivity contribution in [1.82, 2.24) is 25.8 Å². The number of H-pyrrole nitrogens is 1. The van der Waals surface area contributed by atoms with Crippen molar-refractivity contribution >= 4 is 29.9 Å². The molecule has 0 aliphatic carbocycles. The summed E-state index contributed by atoms with van der Waals surface area (Å²) < 4.78 is 0. The lowest BCUT2D eigenvalue weighted by Crippen LogP contribution is -2.43. The molecule has 3 aromatic rings. The minimum atomic E-state index is 0. The standard InChI is InChI=1S/C21H26N6.HI/c1-15(18-9-5-4-6-10-18)16(2)26-21(22-3)23-13-17-8-7-11-19(12-17)20-24-14-25-27-20;/h4-12,14-16H,13H2,1-3H3,(H2,22,23,26)(H,24,25,27);1H. The van der Waals surface area contributed by atoms with E-state index in [9.17, 15) is 0 Å². The number of hydrogen-bond acceptors (Lipinski definition) is 3. The van der Waals surface area contributed by atoms with Crippen molar-refractivity contribution in [3.05, 3.63) is 72.1 Å². The number of benzene rings is 2. The molecule has 1 aromatic heterocycles. The first-order valence-corrected chi connectivity index (χ1v) is 9.14. The third-order valence-electron chi connectivity index (χ3n) is 4.74. The van der Waals surface area contributed by atoms with Gasteiger partial charge in [0.25, 0.3) is 0 Å². The highest BCUT2D eigenvalue weighted by molar-refractivity contribution is 14.0. The molecule has 3 N–H and O–H groups in total. The summed E-state index contributed by atoms with van der Waals surface area (Å²) in [6.45, 7) is 5.07. The molecule has 0 spiro atoms. The molecule has 6 nitrogen and oxygen atoms in total. The summed E-state index contributed by atoms with van der Waals surface area (Å²) in [5.74, 6) is 1.93. The van der Waals surface area contributed by atoms with Crippen molar-refractivity contribution < 1.29 is 0 Å². The lowest BCUT2D eigenvalue weighted by Gasteiger charge is -2.24. The normalized spacial score (nSPS) is 13.3. The minimum Gasteiger partial charge on any atom is -0.353 e. The molecule has 0 aliphatic heterocycles. The average molecular weight is 490 g/mol. The molecule has 0 bridgehead atoms. The van der Waals surface area contributed by atoms with Gasteiger partial charge in [-0.1, -0.05) is 55.5 Å². The van der Waals surface area contributed by atoms with Crippen LogP contribution >= 0.6 is 24.0 Å². The van der Waals surface area contributed by atoms with Crippen LogP contribution in [0.3, 0.4) is 0 Å². The third kappa shape index (κ3) is 5.79. The van der Waals surface area contributed by atoms with E-state index in [0.717, 1.165) is 22.9 Å². The van der Waals surface area contributed by atoms with Crippen LogP contribution in [-0.4, -0.2) is 34.2 Å². The van der Waals surface area contributed by atoms with Crippen molar-refractivity contribution in [1.29, 1.82) is 0 Å². The number of guanidine groups is 1. The van der Waals surface area contributed by atoms with Gasteiger partial charge < -0.3 is 10.6 Å². The molecule has 2 atom stereocenters. The molecule has 0 radical (unpaired) electrons. The smallest absolute Gasteiger partial charge is 0.191 e. The molecule has 1 heterocycles. The number of hydrogen-bond donors (Lipinski definition) is 3. The predicted molar refractivity (Wildman–Crippen MR) is 125 cm³/mol. The molecule has 0 amide bonds. The minimum absolute atomic E-state index is 0. The van der Waals surface area contributed by atoms with E-state index < -0.39 is 0 Å². The SMILES string of the molecule is CN=C(NCc1cccc(-c2ncn[nH]2)c1)NC(C)C(C)c1ccccc1.I. The van der Waals surface area contributed by atoms with Gasteiger partial charge in [-0.25, -0.2) is 4.98 Å². The summed E-state index contributed by atoms with van der Waals surface area (Å²) in [7, 11) is 1.79.